The number of aryl methyl sites for hydroxylation is 1. The van der Waals surface area contributed by atoms with Gasteiger partial charge in [0, 0.05) is 33.3 Å². The lowest BCUT2D eigenvalue weighted by molar-refractivity contribution is 0.660. The van der Waals surface area contributed by atoms with Gasteiger partial charge in [0.25, 0.3) is 0 Å². The third kappa shape index (κ3) is 5.21. The molecular weight excluding hydrogens is 747 g/mol. The van der Waals surface area contributed by atoms with E-state index in [4.69, 9.17) is 0 Å². The number of anilines is 3. The molecule has 0 saturated heterocycles. The van der Waals surface area contributed by atoms with Gasteiger partial charge >= 0.3 is 0 Å². The van der Waals surface area contributed by atoms with Crippen molar-refractivity contribution in [3.05, 3.63) is 232 Å². The summed E-state index contributed by atoms with van der Waals surface area (Å²) >= 11 is 0. The van der Waals surface area contributed by atoms with E-state index in [0.29, 0.717) is 0 Å². The number of benzene rings is 8. The van der Waals surface area contributed by atoms with Crippen molar-refractivity contribution in [1.82, 2.24) is 0 Å². The van der Waals surface area contributed by atoms with E-state index >= 15 is 0 Å². The number of rotatable bonds is 5. The first-order valence-electron chi connectivity index (χ1n) is 22.5. The van der Waals surface area contributed by atoms with Gasteiger partial charge in [0.1, 0.15) is 0 Å². The molecule has 0 bridgehead atoms. The van der Waals surface area contributed by atoms with Gasteiger partial charge in [0.2, 0.25) is 0 Å². The van der Waals surface area contributed by atoms with E-state index in [-0.39, 0.29) is 16.2 Å². The molecular formula is C61H51N. The molecule has 4 aliphatic carbocycles. The van der Waals surface area contributed by atoms with Gasteiger partial charge in [-0.15, -0.1) is 0 Å². The number of fused-ring (bicyclic) bond motifs is 10. The van der Waals surface area contributed by atoms with Crippen LogP contribution in [0.15, 0.2) is 176 Å². The average Bonchev–Trinajstić information content (AvgIpc) is 3.78. The zero-order valence-electron chi connectivity index (χ0n) is 36.6. The third-order valence-corrected chi connectivity index (χ3v) is 15.2. The molecule has 300 valence electrons. The zero-order valence-corrected chi connectivity index (χ0v) is 36.6. The summed E-state index contributed by atoms with van der Waals surface area (Å²) in [7, 11) is 0. The van der Waals surface area contributed by atoms with Crippen molar-refractivity contribution in [2.45, 2.75) is 70.6 Å². The summed E-state index contributed by atoms with van der Waals surface area (Å²) in [5, 5.41) is 0. The number of hydrogen-bond donors (Lipinski definition) is 0. The highest BCUT2D eigenvalue weighted by Crippen LogP contribution is 2.54. The van der Waals surface area contributed by atoms with Crippen LogP contribution in [-0.2, 0) is 22.7 Å². The lowest BCUT2D eigenvalue weighted by Gasteiger charge is -2.30. The standard InChI is InChI=1S/C61H51N/c1-59(2)54-22-14-11-19-48(54)51-35-40(26-34-55(51)59)58-44-16-8-7-15-38(44)25-31-45(58)39-23-27-41(28-24-39)62(42-29-32-49-46-17-9-12-20-52(46)60(3,4)56(49)36-42)43-30-33-50-47-18-10-13-21-53(47)61(5,6)57(50)37-43/h7-24,26-30,32-37H,25,31H2,1-6H3. The Labute approximate surface area is 367 Å². The van der Waals surface area contributed by atoms with Crippen LogP contribution in [0.5, 0.6) is 0 Å². The summed E-state index contributed by atoms with van der Waals surface area (Å²) in [5.41, 5.74) is 27.9. The van der Waals surface area contributed by atoms with Crippen LogP contribution in [0.2, 0.25) is 0 Å². The third-order valence-electron chi connectivity index (χ3n) is 15.2. The van der Waals surface area contributed by atoms with Crippen molar-refractivity contribution in [3.8, 4) is 33.4 Å². The molecule has 0 atom stereocenters. The molecule has 0 spiro atoms. The van der Waals surface area contributed by atoms with Crippen LogP contribution in [0, 0.1) is 0 Å². The molecule has 0 aliphatic heterocycles. The molecule has 0 aromatic heterocycles. The van der Waals surface area contributed by atoms with Crippen molar-refractivity contribution >= 4 is 28.2 Å². The first kappa shape index (κ1) is 37.1. The van der Waals surface area contributed by atoms with Gasteiger partial charge in [-0.05, 0) is 155 Å². The predicted molar refractivity (Wildman–Crippen MR) is 261 cm³/mol. The molecule has 4 aliphatic rings. The minimum Gasteiger partial charge on any atom is -0.310 e. The molecule has 0 amide bonds. The second kappa shape index (κ2) is 13.2. The largest absolute Gasteiger partial charge is 0.310 e. The molecule has 0 fully saturated rings. The maximum Gasteiger partial charge on any atom is 0.0465 e. The SMILES string of the molecule is CC1(C)c2ccccc2-c2cc(C3=C(c4ccc(N(c5ccc6c(c5)C(C)(C)c5ccccc5-6)c5ccc6c(c5)C(C)(C)c5ccccc5-6)cc4)CCc4ccccc43)ccc21. The van der Waals surface area contributed by atoms with E-state index in [9.17, 15) is 0 Å². The molecule has 12 rings (SSSR count). The minimum atomic E-state index is -0.103. The fourth-order valence-electron chi connectivity index (χ4n) is 11.9. The summed E-state index contributed by atoms with van der Waals surface area (Å²) in [6, 6.07) is 67.1. The van der Waals surface area contributed by atoms with Crippen molar-refractivity contribution in [3.63, 3.8) is 0 Å². The summed E-state index contributed by atoms with van der Waals surface area (Å²) in [6.07, 6.45) is 2.03. The molecule has 1 heteroatoms. The van der Waals surface area contributed by atoms with Crippen LogP contribution >= 0.6 is 0 Å². The predicted octanol–water partition coefficient (Wildman–Crippen LogP) is 16.0. The topological polar surface area (TPSA) is 3.24 Å². The minimum absolute atomic E-state index is 0.0228. The zero-order chi connectivity index (χ0) is 42.1. The van der Waals surface area contributed by atoms with Crippen molar-refractivity contribution in [1.29, 1.82) is 0 Å². The summed E-state index contributed by atoms with van der Waals surface area (Å²) in [4.78, 5) is 2.49. The van der Waals surface area contributed by atoms with Crippen LogP contribution < -0.4 is 4.90 Å². The molecule has 0 radical (unpaired) electrons. The first-order chi connectivity index (χ1) is 30.0. The maximum atomic E-state index is 2.49. The van der Waals surface area contributed by atoms with E-state index in [1.54, 1.807) is 0 Å². The monoisotopic (exact) mass is 797 g/mol. The average molecular weight is 798 g/mol. The van der Waals surface area contributed by atoms with Crippen molar-refractivity contribution < 1.29 is 0 Å². The number of allylic oxidation sites excluding steroid dienone is 1. The Hall–Kier alpha value is -6.70. The Morgan fingerprint density at radius 3 is 1.31 bits per heavy atom. The van der Waals surface area contributed by atoms with Crippen LogP contribution in [0.1, 0.15) is 104 Å². The lowest BCUT2D eigenvalue weighted by atomic mass is 9.78. The molecule has 8 aromatic carbocycles. The maximum absolute atomic E-state index is 2.49. The Morgan fingerprint density at radius 1 is 0.323 bits per heavy atom. The van der Waals surface area contributed by atoms with E-state index in [1.165, 1.54) is 112 Å². The molecule has 0 saturated carbocycles. The highest BCUT2D eigenvalue weighted by atomic mass is 15.1. The molecule has 62 heavy (non-hydrogen) atoms. The van der Waals surface area contributed by atoms with Crippen molar-refractivity contribution in [2.75, 3.05) is 4.90 Å². The number of hydrogen-bond acceptors (Lipinski definition) is 1. The molecule has 0 unspecified atom stereocenters. The van der Waals surface area contributed by atoms with Crippen LogP contribution in [0.3, 0.4) is 0 Å². The molecule has 0 N–H and O–H groups in total. The fraction of sp³-hybridized carbons (Fsp3) is 0.180. The second-order valence-electron chi connectivity index (χ2n) is 19.6. The van der Waals surface area contributed by atoms with Crippen LogP contribution in [-0.4, -0.2) is 0 Å². The Balaban J connectivity index is 1.01. The molecule has 8 aromatic rings. The number of nitrogens with zero attached hydrogens (tertiary/aromatic N) is 1. The van der Waals surface area contributed by atoms with E-state index in [1.807, 2.05) is 0 Å². The quantitative estimate of drug-likeness (QED) is 0.168. The van der Waals surface area contributed by atoms with E-state index in [0.717, 1.165) is 18.5 Å². The summed E-state index contributed by atoms with van der Waals surface area (Å²) in [6.45, 7) is 14.3. The van der Waals surface area contributed by atoms with Gasteiger partial charge in [-0.1, -0.05) is 175 Å². The Bertz CT molecular complexity index is 3100. The van der Waals surface area contributed by atoms with Gasteiger partial charge in [0.05, 0.1) is 0 Å². The summed E-state index contributed by atoms with van der Waals surface area (Å²) in [5.74, 6) is 0. The van der Waals surface area contributed by atoms with Gasteiger partial charge in [-0.2, -0.15) is 0 Å². The van der Waals surface area contributed by atoms with Gasteiger partial charge in [0.15, 0.2) is 0 Å². The highest BCUT2D eigenvalue weighted by molar-refractivity contribution is 6.02. The van der Waals surface area contributed by atoms with E-state index in [2.05, 4.69) is 222 Å². The van der Waals surface area contributed by atoms with Gasteiger partial charge in [-0.25, -0.2) is 0 Å². The molecule has 0 heterocycles. The lowest BCUT2D eigenvalue weighted by Crippen LogP contribution is -2.18. The summed E-state index contributed by atoms with van der Waals surface area (Å²) < 4.78 is 0. The normalized spacial score (nSPS) is 16.4. The Morgan fingerprint density at radius 2 is 0.742 bits per heavy atom. The Kier molecular flexibility index (Phi) is 7.87. The second-order valence-corrected chi connectivity index (χ2v) is 19.6. The van der Waals surface area contributed by atoms with Crippen molar-refractivity contribution in [2.24, 2.45) is 0 Å². The van der Waals surface area contributed by atoms with Crippen LogP contribution in [0.4, 0.5) is 17.1 Å². The van der Waals surface area contributed by atoms with Gasteiger partial charge < -0.3 is 4.90 Å². The smallest absolute Gasteiger partial charge is 0.0465 e. The van der Waals surface area contributed by atoms with Gasteiger partial charge in [-0.3, -0.25) is 0 Å². The fourth-order valence-corrected chi connectivity index (χ4v) is 11.9. The highest BCUT2D eigenvalue weighted by Gasteiger charge is 2.39. The first-order valence-corrected chi connectivity index (χ1v) is 22.5. The molecule has 1 nitrogen and oxygen atoms in total. The van der Waals surface area contributed by atoms with Crippen LogP contribution in [0.25, 0.3) is 44.5 Å². The van der Waals surface area contributed by atoms with E-state index < -0.39 is 0 Å².